The molecule has 1 aliphatic rings. The molecule has 0 spiro atoms. The van der Waals surface area contributed by atoms with Crippen molar-refractivity contribution in [2.24, 2.45) is 17.1 Å². The molecule has 0 aromatic rings. The van der Waals surface area contributed by atoms with Gasteiger partial charge in [0.05, 0.1) is 6.61 Å². The quantitative estimate of drug-likeness (QED) is 0.568. The number of rotatable bonds is 7. The van der Waals surface area contributed by atoms with Crippen molar-refractivity contribution >= 4 is 5.91 Å². The minimum Gasteiger partial charge on any atom is -0.396 e. The second kappa shape index (κ2) is 5.47. The molecule has 0 heterocycles. The van der Waals surface area contributed by atoms with E-state index in [4.69, 9.17) is 10.8 Å². The van der Waals surface area contributed by atoms with Gasteiger partial charge < -0.3 is 16.2 Å². The molecule has 15 heavy (non-hydrogen) atoms. The monoisotopic (exact) mass is 214 g/mol. The van der Waals surface area contributed by atoms with E-state index in [0.29, 0.717) is 25.4 Å². The molecule has 0 saturated heterocycles. The molecule has 1 rings (SSSR count). The van der Waals surface area contributed by atoms with Crippen LogP contribution in [-0.4, -0.2) is 30.7 Å². The Morgan fingerprint density at radius 3 is 2.73 bits per heavy atom. The molecule has 4 N–H and O–H groups in total. The van der Waals surface area contributed by atoms with Gasteiger partial charge in [-0.2, -0.15) is 0 Å². The highest BCUT2D eigenvalue weighted by Gasteiger charge is 2.41. The van der Waals surface area contributed by atoms with Crippen LogP contribution >= 0.6 is 0 Å². The van der Waals surface area contributed by atoms with Crippen molar-refractivity contribution < 1.29 is 9.90 Å². The van der Waals surface area contributed by atoms with Crippen molar-refractivity contribution in [3.8, 4) is 0 Å². The van der Waals surface area contributed by atoms with E-state index in [1.165, 1.54) is 0 Å². The Labute approximate surface area is 91.2 Å². The number of hydrogen-bond acceptors (Lipinski definition) is 3. The number of nitrogens with two attached hydrogens (primary N) is 1. The van der Waals surface area contributed by atoms with Crippen molar-refractivity contribution in [2.45, 2.75) is 32.6 Å². The van der Waals surface area contributed by atoms with Gasteiger partial charge in [0.1, 0.15) is 0 Å². The third-order valence-corrected chi connectivity index (χ3v) is 3.22. The van der Waals surface area contributed by atoms with E-state index in [9.17, 15) is 4.79 Å². The van der Waals surface area contributed by atoms with Gasteiger partial charge in [0, 0.05) is 18.4 Å². The highest BCUT2D eigenvalue weighted by molar-refractivity contribution is 5.75. The molecule has 1 atom stereocenters. The minimum atomic E-state index is 0.00907. The van der Waals surface area contributed by atoms with Crippen LogP contribution in [0.25, 0.3) is 0 Å². The van der Waals surface area contributed by atoms with Gasteiger partial charge in [-0.15, -0.1) is 0 Å². The summed E-state index contributed by atoms with van der Waals surface area (Å²) in [4.78, 5) is 11.4. The van der Waals surface area contributed by atoms with Crippen LogP contribution in [0.1, 0.15) is 32.6 Å². The molecule has 1 amide bonds. The van der Waals surface area contributed by atoms with Crippen LogP contribution in [0.15, 0.2) is 0 Å². The van der Waals surface area contributed by atoms with E-state index >= 15 is 0 Å². The van der Waals surface area contributed by atoms with Crippen LogP contribution in [0, 0.1) is 11.3 Å². The van der Waals surface area contributed by atoms with Crippen LogP contribution in [0.4, 0.5) is 0 Å². The zero-order valence-electron chi connectivity index (χ0n) is 9.46. The van der Waals surface area contributed by atoms with E-state index in [0.717, 1.165) is 19.3 Å². The van der Waals surface area contributed by atoms with Gasteiger partial charge in [0.15, 0.2) is 0 Å². The fourth-order valence-corrected chi connectivity index (χ4v) is 1.44. The molecule has 0 aromatic heterocycles. The van der Waals surface area contributed by atoms with Crippen molar-refractivity contribution in [3.63, 3.8) is 0 Å². The lowest BCUT2D eigenvalue weighted by Crippen LogP contribution is -2.32. The minimum absolute atomic E-state index is 0.00907. The van der Waals surface area contributed by atoms with E-state index in [1.807, 2.05) is 6.92 Å². The smallest absolute Gasteiger partial charge is 0.220 e. The third kappa shape index (κ3) is 4.18. The summed E-state index contributed by atoms with van der Waals surface area (Å²) in [7, 11) is 0. The lowest BCUT2D eigenvalue weighted by atomic mass is 10.1. The first-order valence-electron chi connectivity index (χ1n) is 5.69. The van der Waals surface area contributed by atoms with Crippen LogP contribution in [-0.2, 0) is 4.79 Å². The SMILES string of the molecule is CC(CN)CCC(=O)NCC1(CO)CC1. The van der Waals surface area contributed by atoms with Gasteiger partial charge in [0.25, 0.3) is 0 Å². The standard InChI is InChI=1S/C11H22N2O2/c1-9(6-12)2-3-10(15)13-7-11(8-14)4-5-11/h9,14H,2-8,12H2,1H3,(H,13,15). The van der Waals surface area contributed by atoms with Gasteiger partial charge in [-0.25, -0.2) is 0 Å². The second-order valence-electron chi connectivity index (χ2n) is 4.81. The first-order chi connectivity index (χ1) is 7.12. The van der Waals surface area contributed by atoms with E-state index in [2.05, 4.69) is 5.32 Å². The van der Waals surface area contributed by atoms with Gasteiger partial charge >= 0.3 is 0 Å². The Balaban J connectivity index is 2.08. The number of carbonyl (C=O) groups excluding carboxylic acids is 1. The van der Waals surface area contributed by atoms with Gasteiger partial charge in [-0.3, -0.25) is 4.79 Å². The number of amides is 1. The summed E-state index contributed by atoms with van der Waals surface area (Å²) in [6.45, 7) is 3.49. The molecule has 0 aromatic carbocycles. The summed E-state index contributed by atoms with van der Waals surface area (Å²) >= 11 is 0. The number of aliphatic hydroxyl groups is 1. The van der Waals surface area contributed by atoms with Gasteiger partial charge in [-0.05, 0) is 31.7 Å². The summed E-state index contributed by atoms with van der Waals surface area (Å²) in [6.07, 6.45) is 3.44. The molecule has 1 aliphatic carbocycles. The highest BCUT2D eigenvalue weighted by atomic mass is 16.3. The van der Waals surface area contributed by atoms with E-state index in [-0.39, 0.29) is 17.9 Å². The largest absolute Gasteiger partial charge is 0.396 e. The fourth-order valence-electron chi connectivity index (χ4n) is 1.44. The van der Waals surface area contributed by atoms with Gasteiger partial charge in [-0.1, -0.05) is 6.92 Å². The predicted molar refractivity (Wildman–Crippen MR) is 59.2 cm³/mol. The fraction of sp³-hybridized carbons (Fsp3) is 0.909. The van der Waals surface area contributed by atoms with Crippen LogP contribution in [0.2, 0.25) is 0 Å². The number of carbonyl (C=O) groups is 1. The summed E-state index contributed by atoms with van der Waals surface area (Å²) in [5.41, 5.74) is 5.48. The summed E-state index contributed by atoms with van der Waals surface area (Å²) in [6, 6.07) is 0. The maximum Gasteiger partial charge on any atom is 0.220 e. The Hall–Kier alpha value is -0.610. The molecule has 1 fully saturated rings. The molecule has 0 bridgehead atoms. The molecule has 1 unspecified atom stereocenters. The van der Waals surface area contributed by atoms with Gasteiger partial charge in [0.2, 0.25) is 5.91 Å². The highest BCUT2D eigenvalue weighted by Crippen LogP contribution is 2.44. The Morgan fingerprint density at radius 1 is 1.60 bits per heavy atom. The molecular formula is C11H22N2O2. The van der Waals surface area contributed by atoms with Crippen LogP contribution < -0.4 is 11.1 Å². The maximum atomic E-state index is 11.4. The van der Waals surface area contributed by atoms with Crippen molar-refractivity contribution in [1.82, 2.24) is 5.32 Å². The topological polar surface area (TPSA) is 75.4 Å². The maximum absolute atomic E-state index is 11.4. The predicted octanol–water partition coefficient (Wildman–Crippen LogP) is 0.250. The summed E-state index contributed by atoms with van der Waals surface area (Å²) in [5, 5.41) is 11.9. The molecule has 0 radical (unpaired) electrons. The Morgan fingerprint density at radius 2 is 2.27 bits per heavy atom. The third-order valence-electron chi connectivity index (χ3n) is 3.22. The number of aliphatic hydroxyl groups excluding tert-OH is 1. The molecule has 4 nitrogen and oxygen atoms in total. The molecule has 88 valence electrons. The number of nitrogens with one attached hydrogen (secondary N) is 1. The average Bonchev–Trinajstić information content (AvgIpc) is 3.03. The molecular weight excluding hydrogens is 192 g/mol. The van der Waals surface area contributed by atoms with E-state index < -0.39 is 0 Å². The van der Waals surface area contributed by atoms with Crippen LogP contribution in [0.5, 0.6) is 0 Å². The lowest BCUT2D eigenvalue weighted by Gasteiger charge is -2.13. The van der Waals surface area contributed by atoms with Crippen molar-refractivity contribution in [2.75, 3.05) is 19.7 Å². The Kier molecular flexibility index (Phi) is 4.54. The van der Waals surface area contributed by atoms with Crippen LogP contribution in [0.3, 0.4) is 0 Å². The van der Waals surface area contributed by atoms with Crippen molar-refractivity contribution in [1.29, 1.82) is 0 Å². The first-order valence-corrected chi connectivity index (χ1v) is 5.69. The molecule has 1 saturated carbocycles. The number of hydrogen-bond donors (Lipinski definition) is 3. The summed E-state index contributed by atoms with van der Waals surface area (Å²) in [5.74, 6) is 0.485. The zero-order chi connectivity index (χ0) is 11.3. The van der Waals surface area contributed by atoms with Crippen molar-refractivity contribution in [3.05, 3.63) is 0 Å². The lowest BCUT2D eigenvalue weighted by molar-refractivity contribution is -0.121. The molecule has 4 heteroatoms. The average molecular weight is 214 g/mol. The first kappa shape index (κ1) is 12.5. The normalized spacial score (nSPS) is 19.7. The summed E-state index contributed by atoms with van der Waals surface area (Å²) < 4.78 is 0. The second-order valence-corrected chi connectivity index (χ2v) is 4.81. The molecule has 0 aliphatic heterocycles. The Bertz CT molecular complexity index is 215. The van der Waals surface area contributed by atoms with E-state index in [1.54, 1.807) is 0 Å². The zero-order valence-corrected chi connectivity index (χ0v) is 9.46.